The number of nitrogens with zero attached hydrogens (tertiary/aromatic N) is 1. The molecule has 0 aromatic heterocycles. The lowest BCUT2D eigenvalue weighted by Gasteiger charge is -2.36. The first-order chi connectivity index (χ1) is 13.4. The van der Waals surface area contributed by atoms with Gasteiger partial charge in [-0.05, 0) is 48.4 Å². The predicted octanol–water partition coefficient (Wildman–Crippen LogP) is 2.85. The molecule has 1 aromatic carbocycles. The van der Waals surface area contributed by atoms with Crippen LogP contribution in [0.25, 0.3) is 0 Å². The van der Waals surface area contributed by atoms with Crippen molar-refractivity contribution in [1.82, 2.24) is 4.31 Å². The van der Waals surface area contributed by atoms with Gasteiger partial charge in [0.05, 0.1) is 16.1 Å². The highest BCUT2D eigenvalue weighted by Gasteiger charge is 2.65. The van der Waals surface area contributed by atoms with E-state index in [0.717, 1.165) is 6.42 Å². The number of nitrogens with one attached hydrogen (secondary N) is 1. The van der Waals surface area contributed by atoms with Crippen LogP contribution in [-0.2, 0) is 24.8 Å². The number of fused-ring (bicyclic) bond motifs is 2. The first kappa shape index (κ1) is 22.2. The molecule has 0 saturated heterocycles. The fourth-order valence-corrected chi connectivity index (χ4v) is 8.41. The normalized spacial score (nSPS) is 26.2. The zero-order valence-corrected chi connectivity index (χ0v) is 19.1. The third-order valence-electron chi connectivity index (χ3n) is 7.05. The van der Waals surface area contributed by atoms with Crippen LogP contribution in [0.15, 0.2) is 29.2 Å². The molecule has 0 unspecified atom stereocenters. The van der Waals surface area contributed by atoms with E-state index in [1.165, 1.54) is 28.6 Å². The molecule has 2 saturated carbocycles. The molecule has 0 amide bonds. The fraction of sp³-hybridized carbons (Fsp3) is 0.650. The molecule has 1 aromatic rings. The molecule has 162 valence electrons. The molecule has 0 spiro atoms. The van der Waals surface area contributed by atoms with Crippen LogP contribution in [-0.4, -0.2) is 45.8 Å². The molecule has 0 aliphatic heterocycles. The van der Waals surface area contributed by atoms with Gasteiger partial charge in [-0.2, -0.15) is 4.31 Å². The Balaban J connectivity index is 1.79. The van der Waals surface area contributed by atoms with E-state index in [1.807, 2.05) is 13.8 Å². The van der Waals surface area contributed by atoms with E-state index in [0.29, 0.717) is 25.9 Å². The average Bonchev–Trinajstić information content (AvgIpc) is 2.96. The maximum atomic E-state index is 12.9. The summed E-state index contributed by atoms with van der Waals surface area (Å²) < 4.78 is 54.7. The van der Waals surface area contributed by atoms with Crippen molar-refractivity contribution in [3.05, 3.63) is 24.3 Å². The van der Waals surface area contributed by atoms with Gasteiger partial charge >= 0.3 is 0 Å². The van der Waals surface area contributed by atoms with Crippen LogP contribution >= 0.6 is 0 Å². The fourth-order valence-electron chi connectivity index (χ4n) is 5.06. The molecule has 0 heterocycles. The largest absolute Gasteiger partial charge is 0.299 e. The molecule has 2 atom stereocenters. The zero-order valence-electron chi connectivity index (χ0n) is 17.4. The molecule has 2 fully saturated rings. The molecular formula is C20H30N2O5S2. The van der Waals surface area contributed by atoms with E-state index < -0.39 is 25.5 Å². The third kappa shape index (κ3) is 3.61. The lowest BCUT2D eigenvalue weighted by Crippen LogP contribution is -2.43. The number of sulfonamides is 2. The van der Waals surface area contributed by atoms with E-state index in [4.69, 9.17) is 0 Å². The number of rotatable bonds is 8. The molecule has 0 radical (unpaired) electrons. The lowest BCUT2D eigenvalue weighted by atomic mass is 9.70. The molecule has 29 heavy (non-hydrogen) atoms. The van der Waals surface area contributed by atoms with E-state index in [1.54, 1.807) is 13.8 Å². The van der Waals surface area contributed by atoms with E-state index in [-0.39, 0.29) is 33.5 Å². The number of ketones is 1. The van der Waals surface area contributed by atoms with Crippen LogP contribution in [0.2, 0.25) is 0 Å². The van der Waals surface area contributed by atoms with Gasteiger partial charge in [0.25, 0.3) is 0 Å². The third-order valence-corrected chi connectivity index (χ3v) is 10.5. The molecule has 2 aliphatic carbocycles. The van der Waals surface area contributed by atoms with Crippen LogP contribution < -0.4 is 4.72 Å². The maximum Gasteiger partial charge on any atom is 0.243 e. The zero-order chi connectivity index (χ0) is 21.7. The minimum absolute atomic E-state index is 0.0461. The summed E-state index contributed by atoms with van der Waals surface area (Å²) in [5.41, 5.74) is -0.881. The summed E-state index contributed by atoms with van der Waals surface area (Å²) in [4.78, 5) is 12.7. The van der Waals surface area contributed by atoms with Crippen LogP contribution in [0.4, 0.5) is 5.69 Å². The monoisotopic (exact) mass is 442 g/mol. The second-order valence-electron chi connectivity index (χ2n) is 8.64. The Morgan fingerprint density at radius 3 is 2.10 bits per heavy atom. The molecule has 2 aliphatic rings. The molecule has 9 heteroatoms. The number of carbonyl (C=O) groups excluding carboxylic acids is 1. The molecule has 1 N–H and O–H groups in total. The van der Waals surface area contributed by atoms with Gasteiger partial charge in [-0.3, -0.25) is 9.52 Å². The van der Waals surface area contributed by atoms with Crippen molar-refractivity contribution in [2.24, 2.45) is 16.7 Å². The Morgan fingerprint density at radius 1 is 1.07 bits per heavy atom. The average molecular weight is 443 g/mol. The van der Waals surface area contributed by atoms with Crippen molar-refractivity contribution in [2.75, 3.05) is 23.6 Å². The van der Waals surface area contributed by atoms with Crippen molar-refractivity contribution in [2.45, 2.75) is 51.9 Å². The van der Waals surface area contributed by atoms with Gasteiger partial charge in [0, 0.05) is 25.2 Å². The van der Waals surface area contributed by atoms with Crippen LogP contribution in [0.5, 0.6) is 0 Å². The van der Waals surface area contributed by atoms with Crippen LogP contribution in [0.1, 0.15) is 47.0 Å². The summed E-state index contributed by atoms with van der Waals surface area (Å²) in [5, 5.41) is 0. The summed E-state index contributed by atoms with van der Waals surface area (Å²) in [6.45, 7) is 8.25. The first-order valence-corrected chi connectivity index (χ1v) is 13.1. The second-order valence-corrected chi connectivity index (χ2v) is 12.3. The highest BCUT2D eigenvalue weighted by atomic mass is 32.2. The van der Waals surface area contributed by atoms with Gasteiger partial charge in [0.1, 0.15) is 5.78 Å². The summed E-state index contributed by atoms with van der Waals surface area (Å²) in [6.07, 6.45) is 1.94. The quantitative estimate of drug-likeness (QED) is 0.667. The maximum absolute atomic E-state index is 12.9. The highest BCUT2D eigenvalue weighted by Crippen LogP contribution is 2.64. The number of hydrogen-bond donors (Lipinski definition) is 1. The summed E-state index contributed by atoms with van der Waals surface area (Å²) in [6, 6.07) is 5.70. The summed E-state index contributed by atoms with van der Waals surface area (Å²) >= 11 is 0. The number of Topliss-reactive ketones (excluding diaryl/α,β-unsaturated/α-hetero) is 1. The van der Waals surface area contributed by atoms with Gasteiger partial charge < -0.3 is 0 Å². The van der Waals surface area contributed by atoms with Gasteiger partial charge in [-0.25, -0.2) is 16.8 Å². The second kappa shape index (κ2) is 7.35. The van der Waals surface area contributed by atoms with Gasteiger partial charge in [0.15, 0.2) is 0 Å². The molecular weight excluding hydrogens is 412 g/mol. The number of benzene rings is 1. The Labute approximate surface area is 174 Å². The number of hydrogen-bond acceptors (Lipinski definition) is 5. The van der Waals surface area contributed by atoms with Crippen molar-refractivity contribution >= 4 is 31.5 Å². The topological polar surface area (TPSA) is 101 Å². The van der Waals surface area contributed by atoms with Gasteiger partial charge in [0.2, 0.25) is 20.0 Å². The van der Waals surface area contributed by atoms with Crippen LogP contribution in [0, 0.1) is 16.7 Å². The predicted molar refractivity (Wildman–Crippen MR) is 113 cm³/mol. The van der Waals surface area contributed by atoms with Crippen molar-refractivity contribution < 1.29 is 21.6 Å². The lowest BCUT2D eigenvalue weighted by molar-refractivity contribution is -0.128. The van der Waals surface area contributed by atoms with Crippen molar-refractivity contribution in [3.63, 3.8) is 0 Å². The minimum atomic E-state index is -3.77. The molecule has 3 rings (SSSR count). The summed E-state index contributed by atoms with van der Waals surface area (Å²) in [5.74, 6) is 0.0570. The number of carbonyl (C=O) groups is 1. The Hall–Kier alpha value is -1.45. The van der Waals surface area contributed by atoms with Gasteiger partial charge in [-0.1, -0.05) is 27.7 Å². The highest BCUT2D eigenvalue weighted by molar-refractivity contribution is 7.92. The van der Waals surface area contributed by atoms with Crippen LogP contribution in [0.3, 0.4) is 0 Å². The molecule has 7 nitrogen and oxygen atoms in total. The SMILES string of the molecule is CCN(CC)S(=O)(=O)c1ccc(NS(=O)(=O)C[C@@]23CC[C@@H](CC2=O)C3(C)C)cc1. The molecule has 2 bridgehead atoms. The Bertz CT molecular complexity index is 996. The number of anilines is 1. The smallest absolute Gasteiger partial charge is 0.243 e. The van der Waals surface area contributed by atoms with E-state index >= 15 is 0 Å². The first-order valence-electron chi connectivity index (χ1n) is 10.0. The Morgan fingerprint density at radius 2 is 1.66 bits per heavy atom. The van der Waals surface area contributed by atoms with Crippen molar-refractivity contribution in [1.29, 1.82) is 0 Å². The summed E-state index contributed by atoms with van der Waals surface area (Å²) in [7, 11) is -7.37. The Kier molecular flexibility index (Phi) is 5.64. The van der Waals surface area contributed by atoms with Gasteiger partial charge in [-0.15, -0.1) is 0 Å². The van der Waals surface area contributed by atoms with E-state index in [2.05, 4.69) is 4.72 Å². The van der Waals surface area contributed by atoms with Crippen molar-refractivity contribution in [3.8, 4) is 0 Å². The van der Waals surface area contributed by atoms with E-state index in [9.17, 15) is 21.6 Å². The minimum Gasteiger partial charge on any atom is -0.299 e. The standard InChI is InChI=1S/C20H30N2O5S2/c1-5-22(6-2)29(26,27)17-9-7-16(8-10-17)21-28(24,25)14-20-12-11-15(13-18(20)23)19(20,3)4/h7-10,15,21H,5-6,11-14H2,1-4H3/t15-,20-/m0/s1.